The van der Waals surface area contributed by atoms with Crippen LogP contribution in [0.15, 0.2) is 47.4 Å². The molecular weight excluding hydrogens is 314 g/mol. The van der Waals surface area contributed by atoms with Crippen molar-refractivity contribution in [3.63, 3.8) is 0 Å². The zero-order chi connectivity index (χ0) is 15.6. The number of anilines is 1. The average molecular weight is 326 g/mol. The lowest BCUT2D eigenvalue weighted by Gasteiger charge is -2.10. The van der Waals surface area contributed by atoms with Gasteiger partial charge in [0.15, 0.2) is 0 Å². The normalized spacial score (nSPS) is 11.1. The predicted octanol–water partition coefficient (Wildman–Crippen LogP) is 3.15. The second-order valence-corrected chi connectivity index (χ2v) is 6.52. The van der Waals surface area contributed by atoms with Crippen molar-refractivity contribution in [3.8, 4) is 0 Å². The average Bonchev–Trinajstić information content (AvgIpc) is 2.40. The lowest BCUT2D eigenvalue weighted by atomic mass is 10.1. The van der Waals surface area contributed by atoms with E-state index in [-0.39, 0.29) is 16.1 Å². The number of hydrogen-bond acceptors (Lipinski definition) is 3. The van der Waals surface area contributed by atoms with E-state index in [4.69, 9.17) is 16.7 Å². The van der Waals surface area contributed by atoms with Gasteiger partial charge in [-0.3, -0.25) is 4.72 Å². The van der Waals surface area contributed by atoms with Crippen LogP contribution in [0.4, 0.5) is 5.69 Å². The first-order valence-corrected chi connectivity index (χ1v) is 7.78. The second-order valence-electron chi connectivity index (χ2n) is 4.40. The quantitative estimate of drug-likeness (QED) is 0.904. The zero-order valence-electron chi connectivity index (χ0n) is 11.0. The summed E-state index contributed by atoms with van der Waals surface area (Å²) in [5.74, 6) is -1.11. The molecule has 110 valence electrons. The molecule has 0 spiro atoms. The van der Waals surface area contributed by atoms with E-state index >= 15 is 0 Å². The van der Waals surface area contributed by atoms with E-state index < -0.39 is 16.0 Å². The first kappa shape index (κ1) is 15.3. The first-order valence-electron chi connectivity index (χ1n) is 5.92. The molecule has 0 aromatic heterocycles. The van der Waals surface area contributed by atoms with Crippen LogP contribution in [0, 0.1) is 6.92 Å². The highest BCUT2D eigenvalue weighted by molar-refractivity contribution is 7.92. The van der Waals surface area contributed by atoms with Crippen molar-refractivity contribution in [3.05, 3.63) is 58.6 Å². The fourth-order valence-electron chi connectivity index (χ4n) is 1.76. The summed E-state index contributed by atoms with van der Waals surface area (Å²) in [7, 11) is -3.82. The summed E-state index contributed by atoms with van der Waals surface area (Å²) < 4.78 is 26.7. The summed E-state index contributed by atoms with van der Waals surface area (Å²) in [4.78, 5) is 11.1. The summed E-state index contributed by atoms with van der Waals surface area (Å²) in [5, 5.41) is 9.35. The summed E-state index contributed by atoms with van der Waals surface area (Å²) in [6, 6.07) is 10.1. The number of carboxylic acids is 1. The molecule has 7 heteroatoms. The molecule has 2 N–H and O–H groups in total. The number of carboxylic acid groups (broad SMARTS) is 1. The maximum absolute atomic E-state index is 12.2. The number of sulfonamides is 1. The van der Waals surface area contributed by atoms with Crippen LogP contribution in [0.3, 0.4) is 0 Å². The lowest BCUT2D eigenvalue weighted by Crippen LogP contribution is -2.13. The van der Waals surface area contributed by atoms with Gasteiger partial charge in [0.25, 0.3) is 10.0 Å². The third-order valence-electron chi connectivity index (χ3n) is 2.83. The number of aryl methyl sites for hydroxylation is 1. The third-order valence-corrected chi connectivity index (χ3v) is 4.44. The van der Waals surface area contributed by atoms with Gasteiger partial charge in [-0.25, -0.2) is 13.2 Å². The van der Waals surface area contributed by atoms with E-state index in [1.54, 1.807) is 19.1 Å². The van der Waals surface area contributed by atoms with E-state index in [1.807, 2.05) is 0 Å². The van der Waals surface area contributed by atoms with E-state index in [1.165, 1.54) is 30.3 Å². The molecule has 5 nitrogen and oxygen atoms in total. The van der Waals surface area contributed by atoms with Crippen LogP contribution in [0.1, 0.15) is 15.9 Å². The van der Waals surface area contributed by atoms with Gasteiger partial charge in [0.05, 0.1) is 10.5 Å². The molecule has 2 aromatic carbocycles. The van der Waals surface area contributed by atoms with E-state index in [9.17, 15) is 13.2 Å². The van der Waals surface area contributed by atoms with Gasteiger partial charge in [0.2, 0.25) is 0 Å². The molecule has 0 bridgehead atoms. The van der Waals surface area contributed by atoms with E-state index in [0.717, 1.165) is 0 Å². The Morgan fingerprint density at radius 3 is 2.52 bits per heavy atom. The smallest absolute Gasteiger partial charge is 0.336 e. The van der Waals surface area contributed by atoms with Gasteiger partial charge in [0.1, 0.15) is 0 Å². The van der Waals surface area contributed by atoms with Crippen molar-refractivity contribution in [1.29, 1.82) is 0 Å². The van der Waals surface area contributed by atoms with Crippen LogP contribution in [0.5, 0.6) is 0 Å². The Labute approximate surface area is 127 Å². The molecule has 0 aliphatic rings. The van der Waals surface area contributed by atoms with Crippen LogP contribution in [0.2, 0.25) is 5.02 Å². The molecule has 0 saturated heterocycles. The number of nitrogens with one attached hydrogen (secondary N) is 1. The van der Waals surface area contributed by atoms with E-state index in [0.29, 0.717) is 10.6 Å². The fourth-order valence-corrected chi connectivity index (χ4v) is 3.11. The Morgan fingerprint density at radius 1 is 1.19 bits per heavy atom. The van der Waals surface area contributed by atoms with E-state index in [2.05, 4.69) is 4.72 Å². The molecule has 0 radical (unpaired) electrons. The topological polar surface area (TPSA) is 83.5 Å². The molecule has 0 atom stereocenters. The largest absolute Gasteiger partial charge is 0.478 e. The monoisotopic (exact) mass is 325 g/mol. The van der Waals surface area contributed by atoms with Crippen molar-refractivity contribution in [2.75, 3.05) is 4.72 Å². The lowest BCUT2D eigenvalue weighted by molar-refractivity contribution is 0.0696. The highest BCUT2D eigenvalue weighted by atomic mass is 35.5. The number of aromatic carboxylic acids is 1. The maximum Gasteiger partial charge on any atom is 0.336 e. The summed E-state index contributed by atoms with van der Waals surface area (Å²) in [6.45, 7) is 1.64. The van der Waals surface area contributed by atoms with Gasteiger partial charge < -0.3 is 5.11 Å². The molecule has 0 unspecified atom stereocenters. The molecule has 0 saturated carbocycles. The van der Waals surface area contributed by atoms with Crippen molar-refractivity contribution in [2.24, 2.45) is 0 Å². The highest BCUT2D eigenvalue weighted by Gasteiger charge is 2.16. The predicted molar refractivity (Wildman–Crippen MR) is 80.4 cm³/mol. The molecule has 0 aliphatic heterocycles. The Morgan fingerprint density at radius 2 is 1.90 bits per heavy atom. The molecule has 21 heavy (non-hydrogen) atoms. The van der Waals surface area contributed by atoms with Crippen LogP contribution < -0.4 is 4.72 Å². The fraction of sp³-hybridized carbons (Fsp3) is 0.0714. The minimum absolute atomic E-state index is 0.00690. The van der Waals surface area contributed by atoms with Crippen molar-refractivity contribution < 1.29 is 18.3 Å². The third kappa shape index (κ3) is 3.53. The first-order chi connectivity index (χ1) is 9.79. The van der Waals surface area contributed by atoms with Crippen molar-refractivity contribution in [2.45, 2.75) is 11.8 Å². The maximum atomic E-state index is 12.2. The van der Waals surface area contributed by atoms with Crippen LogP contribution in [0.25, 0.3) is 0 Å². The molecule has 0 heterocycles. The number of rotatable bonds is 4. The standard InChI is InChI=1S/C14H12ClNO4S/c1-9-5-6-11(8-13(9)14(17)18)16-21(19,20)12-4-2-3-10(15)7-12/h2-8,16H,1H3,(H,17,18). The van der Waals surface area contributed by atoms with Crippen molar-refractivity contribution in [1.82, 2.24) is 0 Å². The van der Waals surface area contributed by atoms with Gasteiger partial charge >= 0.3 is 5.97 Å². The van der Waals surface area contributed by atoms with Gasteiger partial charge in [-0.2, -0.15) is 0 Å². The molecule has 2 rings (SSSR count). The zero-order valence-corrected chi connectivity index (χ0v) is 12.6. The Balaban J connectivity index is 2.37. The van der Waals surface area contributed by atoms with Gasteiger partial charge in [0, 0.05) is 10.7 Å². The van der Waals surface area contributed by atoms with Crippen LogP contribution in [-0.2, 0) is 10.0 Å². The molecule has 0 fully saturated rings. The minimum atomic E-state index is -3.82. The summed E-state index contributed by atoms with van der Waals surface area (Å²) >= 11 is 5.77. The van der Waals surface area contributed by atoms with Gasteiger partial charge in [-0.1, -0.05) is 23.7 Å². The second kappa shape index (κ2) is 5.75. The van der Waals surface area contributed by atoms with Gasteiger partial charge in [-0.05, 0) is 42.8 Å². The number of benzene rings is 2. The van der Waals surface area contributed by atoms with Gasteiger partial charge in [-0.15, -0.1) is 0 Å². The van der Waals surface area contributed by atoms with Crippen molar-refractivity contribution >= 4 is 33.3 Å². The molecule has 0 aliphatic carbocycles. The van der Waals surface area contributed by atoms with Crippen LogP contribution in [-0.4, -0.2) is 19.5 Å². The Bertz CT molecular complexity index is 802. The molecular formula is C14H12ClNO4S. The summed E-state index contributed by atoms with van der Waals surface area (Å²) in [5.41, 5.74) is 0.771. The highest BCUT2D eigenvalue weighted by Crippen LogP contribution is 2.21. The molecule has 0 amide bonds. The van der Waals surface area contributed by atoms with Crippen LogP contribution >= 0.6 is 11.6 Å². The minimum Gasteiger partial charge on any atom is -0.478 e. The SMILES string of the molecule is Cc1ccc(NS(=O)(=O)c2cccc(Cl)c2)cc1C(=O)O. The summed E-state index contributed by atoms with van der Waals surface area (Å²) in [6.07, 6.45) is 0. The molecule has 2 aromatic rings. The number of halogens is 1. The Hall–Kier alpha value is -2.05. The number of carbonyl (C=O) groups is 1. The Kier molecular flexibility index (Phi) is 4.20. The number of hydrogen-bond donors (Lipinski definition) is 2.